The highest BCUT2D eigenvalue weighted by Crippen LogP contribution is 2.31. The van der Waals surface area contributed by atoms with Crippen LogP contribution in [0.15, 0.2) is 18.7 Å². The molecule has 1 heterocycles. The maximum Gasteiger partial charge on any atom is 0.0949 e. The molecule has 3 rings (SSSR count). The quantitative estimate of drug-likeness (QED) is 0.842. The Bertz CT molecular complexity index is 316. The van der Waals surface area contributed by atoms with Crippen LogP contribution in [-0.2, 0) is 0 Å². The maximum atomic E-state index is 4.16. The molecule has 2 unspecified atom stereocenters. The van der Waals surface area contributed by atoms with E-state index in [9.17, 15) is 0 Å². The van der Waals surface area contributed by atoms with Crippen molar-refractivity contribution in [2.75, 3.05) is 6.54 Å². The Morgan fingerprint density at radius 2 is 2.06 bits per heavy atom. The van der Waals surface area contributed by atoms with E-state index in [0.29, 0.717) is 12.1 Å². The normalized spacial score (nSPS) is 30.5. The van der Waals surface area contributed by atoms with Crippen LogP contribution in [0.3, 0.4) is 0 Å². The molecular formula is C13H21N3. The predicted octanol–water partition coefficient (Wildman–Crippen LogP) is 2.37. The minimum absolute atomic E-state index is 0.641. The molecule has 16 heavy (non-hydrogen) atoms. The smallest absolute Gasteiger partial charge is 0.0949 e. The summed E-state index contributed by atoms with van der Waals surface area (Å²) < 4.78 is 2.28. The van der Waals surface area contributed by atoms with Gasteiger partial charge in [0.2, 0.25) is 0 Å². The molecule has 3 nitrogen and oxygen atoms in total. The molecule has 1 aromatic heterocycles. The lowest BCUT2D eigenvalue weighted by atomic mass is 9.85. The van der Waals surface area contributed by atoms with Crippen molar-refractivity contribution in [1.29, 1.82) is 0 Å². The van der Waals surface area contributed by atoms with Crippen molar-refractivity contribution in [2.24, 2.45) is 5.92 Å². The van der Waals surface area contributed by atoms with Gasteiger partial charge in [0.25, 0.3) is 0 Å². The fourth-order valence-electron chi connectivity index (χ4n) is 3.02. The SMILES string of the molecule is c1cn(C2CCCC2NCC2CCC2)cn1. The molecule has 2 aliphatic rings. The highest BCUT2D eigenvalue weighted by molar-refractivity contribution is 4.92. The van der Waals surface area contributed by atoms with Crippen LogP contribution >= 0.6 is 0 Å². The first-order valence-electron chi connectivity index (χ1n) is 6.64. The van der Waals surface area contributed by atoms with Gasteiger partial charge in [0.15, 0.2) is 0 Å². The number of rotatable bonds is 4. The fraction of sp³-hybridized carbons (Fsp3) is 0.769. The van der Waals surface area contributed by atoms with E-state index < -0.39 is 0 Å². The molecule has 3 heteroatoms. The molecule has 0 radical (unpaired) electrons. The summed E-state index contributed by atoms with van der Waals surface area (Å²) in [5.41, 5.74) is 0. The third-order valence-corrected chi connectivity index (χ3v) is 4.28. The predicted molar refractivity (Wildman–Crippen MR) is 64.2 cm³/mol. The number of hydrogen-bond acceptors (Lipinski definition) is 2. The van der Waals surface area contributed by atoms with Crippen LogP contribution in [0.2, 0.25) is 0 Å². The molecule has 0 saturated heterocycles. The summed E-state index contributed by atoms with van der Waals surface area (Å²) in [4.78, 5) is 4.16. The lowest BCUT2D eigenvalue weighted by Crippen LogP contribution is -2.38. The monoisotopic (exact) mass is 219 g/mol. The van der Waals surface area contributed by atoms with E-state index in [1.165, 1.54) is 45.1 Å². The first-order valence-corrected chi connectivity index (χ1v) is 6.64. The minimum atomic E-state index is 0.641. The largest absolute Gasteiger partial charge is 0.333 e. The van der Waals surface area contributed by atoms with E-state index >= 15 is 0 Å². The Hall–Kier alpha value is -0.830. The Morgan fingerprint density at radius 3 is 2.75 bits per heavy atom. The first-order chi connectivity index (χ1) is 7.93. The van der Waals surface area contributed by atoms with E-state index in [4.69, 9.17) is 0 Å². The van der Waals surface area contributed by atoms with Gasteiger partial charge in [-0.1, -0.05) is 6.42 Å². The molecule has 0 bridgehead atoms. The summed E-state index contributed by atoms with van der Waals surface area (Å²) in [6.45, 7) is 1.23. The van der Waals surface area contributed by atoms with Gasteiger partial charge in [-0.3, -0.25) is 0 Å². The first kappa shape index (κ1) is 10.3. The Labute approximate surface area is 97.3 Å². The third kappa shape index (κ3) is 2.01. The summed E-state index contributed by atoms with van der Waals surface area (Å²) in [5.74, 6) is 0.962. The minimum Gasteiger partial charge on any atom is -0.333 e. The van der Waals surface area contributed by atoms with Crippen molar-refractivity contribution >= 4 is 0 Å². The highest BCUT2D eigenvalue weighted by Gasteiger charge is 2.29. The standard InChI is InChI=1S/C13H21N3/c1-3-11(4-1)9-15-12-5-2-6-13(12)16-8-7-14-10-16/h7-8,10-13,15H,1-6,9H2. The fourth-order valence-corrected chi connectivity index (χ4v) is 3.02. The lowest BCUT2D eigenvalue weighted by Gasteiger charge is -2.29. The zero-order valence-corrected chi connectivity index (χ0v) is 9.81. The molecule has 2 fully saturated rings. The highest BCUT2D eigenvalue weighted by atomic mass is 15.1. The molecule has 0 amide bonds. The number of hydrogen-bond donors (Lipinski definition) is 1. The van der Waals surface area contributed by atoms with Gasteiger partial charge in [-0.2, -0.15) is 0 Å². The summed E-state index contributed by atoms with van der Waals surface area (Å²) in [6.07, 6.45) is 14.3. The summed E-state index contributed by atoms with van der Waals surface area (Å²) in [5, 5.41) is 3.77. The van der Waals surface area contributed by atoms with Gasteiger partial charge in [-0.25, -0.2) is 4.98 Å². The van der Waals surface area contributed by atoms with Crippen molar-refractivity contribution in [3.05, 3.63) is 18.7 Å². The second-order valence-corrected chi connectivity index (χ2v) is 5.32. The van der Waals surface area contributed by atoms with Gasteiger partial charge in [0, 0.05) is 24.5 Å². The van der Waals surface area contributed by atoms with E-state index in [-0.39, 0.29) is 0 Å². The van der Waals surface area contributed by atoms with Crippen LogP contribution in [0, 0.1) is 5.92 Å². The zero-order chi connectivity index (χ0) is 10.8. The second-order valence-electron chi connectivity index (χ2n) is 5.32. The van der Waals surface area contributed by atoms with Gasteiger partial charge in [-0.05, 0) is 44.6 Å². The molecule has 0 aromatic carbocycles. The molecule has 2 atom stereocenters. The second kappa shape index (κ2) is 4.58. The zero-order valence-electron chi connectivity index (χ0n) is 9.81. The van der Waals surface area contributed by atoms with Crippen LogP contribution in [0.5, 0.6) is 0 Å². The molecule has 1 N–H and O–H groups in total. The van der Waals surface area contributed by atoms with Gasteiger partial charge in [-0.15, -0.1) is 0 Å². The van der Waals surface area contributed by atoms with Crippen LogP contribution in [-0.4, -0.2) is 22.1 Å². The van der Waals surface area contributed by atoms with Crippen molar-refractivity contribution in [3.63, 3.8) is 0 Å². The number of nitrogens with one attached hydrogen (secondary N) is 1. The van der Waals surface area contributed by atoms with Gasteiger partial charge in [0.05, 0.1) is 6.33 Å². The van der Waals surface area contributed by atoms with Gasteiger partial charge in [0.1, 0.15) is 0 Å². The topological polar surface area (TPSA) is 29.9 Å². The molecule has 2 aliphatic carbocycles. The Kier molecular flexibility index (Phi) is 2.96. The van der Waals surface area contributed by atoms with Crippen LogP contribution in [0.4, 0.5) is 0 Å². The Morgan fingerprint density at radius 1 is 1.19 bits per heavy atom. The van der Waals surface area contributed by atoms with Crippen LogP contribution in [0.1, 0.15) is 44.6 Å². The average Bonchev–Trinajstić information content (AvgIpc) is 2.83. The van der Waals surface area contributed by atoms with Crippen molar-refractivity contribution in [1.82, 2.24) is 14.9 Å². The molecule has 0 spiro atoms. The summed E-state index contributed by atoms with van der Waals surface area (Å²) in [7, 11) is 0. The van der Waals surface area contributed by atoms with Crippen molar-refractivity contribution in [3.8, 4) is 0 Å². The van der Waals surface area contributed by atoms with E-state index in [1.54, 1.807) is 0 Å². The molecular weight excluding hydrogens is 198 g/mol. The number of nitrogens with zero attached hydrogens (tertiary/aromatic N) is 2. The Balaban J connectivity index is 1.56. The van der Waals surface area contributed by atoms with E-state index in [0.717, 1.165) is 5.92 Å². The van der Waals surface area contributed by atoms with Crippen molar-refractivity contribution < 1.29 is 0 Å². The maximum absolute atomic E-state index is 4.16. The third-order valence-electron chi connectivity index (χ3n) is 4.28. The molecule has 1 aromatic rings. The van der Waals surface area contributed by atoms with E-state index in [1.807, 2.05) is 12.5 Å². The average molecular weight is 219 g/mol. The number of aromatic nitrogens is 2. The number of imidazole rings is 1. The van der Waals surface area contributed by atoms with Crippen LogP contribution in [0.25, 0.3) is 0 Å². The summed E-state index contributed by atoms with van der Waals surface area (Å²) >= 11 is 0. The molecule has 2 saturated carbocycles. The molecule has 0 aliphatic heterocycles. The van der Waals surface area contributed by atoms with Gasteiger partial charge < -0.3 is 9.88 Å². The van der Waals surface area contributed by atoms with Gasteiger partial charge >= 0.3 is 0 Å². The van der Waals surface area contributed by atoms with E-state index in [2.05, 4.69) is 21.1 Å². The van der Waals surface area contributed by atoms with Crippen LogP contribution < -0.4 is 5.32 Å². The molecule has 88 valence electrons. The van der Waals surface area contributed by atoms with Crippen molar-refractivity contribution in [2.45, 2.75) is 50.6 Å². The summed E-state index contributed by atoms with van der Waals surface area (Å²) in [6, 6.07) is 1.32. The lowest BCUT2D eigenvalue weighted by molar-refractivity contribution is 0.274.